The van der Waals surface area contributed by atoms with Crippen molar-refractivity contribution in [2.45, 2.75) is 44.2 Å². The lowest BCUT2D eigenvalue weighted by molar-refractivity contribution is 0.137. The van der Waals surface area contributed by atoms with Crippen molar-refractivity contribution in [1.29, 1.82) is 0 Å². The van der Waals surface area contributed by atoms with E-state index in [1.54, 1.807) is 6.07 Å². The van der Waals surface area contributed by atoms with Gasteiger partial charge >= 0.3 is 0 Å². The van der Waals surface area contributed by atoms with E-state index in [0.717, 1.165) is 30.5 Å². The minimum atomic E-state index is -0.526. The molecule has 110 valence electrons. The Morgan fingerprint density at radius 3 is 2.60 bits per heavy atom. The lowest BCUT2D eigenvalue weighted by atomic mass is 10.1. The SMILES string of the molecule is OC(CCN(CC1CC1)C1CC1)c1cccc(Cl)c1Cl. The maximum atomic E-state index is 10.4. The fraction of sp³-hybridized carbons (Fsp3) is 0.625. The summed E-state index contributed by atoms with van der Waals surface area (Å²) in [6, 6.07) is 6.22. The molecule has 0 bridgehead atoms. The van der Waals surface area contributed by atoms with Gasteiger partial charge in [0.05, 0.1) is 16.1 Å². The van der Waals surface area contributed by atoms with Crippen LogP contribution in [0.3, 0.4) is 0 Å². The molecule has 2 saturated carbocycles. The Bertz CT molecular complexity index is 472. The van der Waals surface area contributed by atoms with Crippen molar-refractivity contribution in [2.75, 3.05) is 13.1 Å². The van der Waals surface area contributed by atoms with Gasteiger partial charge in [-0.25, -0.2) is 0 Å². The van der Waals surface area contributed by atoms with Crippen LogP contribution in [0.4, 0.5) is 0 Å². The van der Waals surface area contributed by atoms with Crippen molar-refractivity contribution >= 4 is 23.2 Å². The Kier molecular flexibility index (Phi) is 4.56. The highest BCUT2D eigenvalue weighted by Crippen LogP contribution is 2.36. The molecule has 0 aromatic heterocycles. The van der Waals surface area contributed by atoms with Crippen LogP contribution in [0.15, 0.2) is 18.2 Å². The molecule has 3 rings (SSSR count). The van der Waals surface area contributed by atoms with Crippen LogP contribution < -0.4 is 0 Å². The number of hydrogen-bond donors (Lipinski definition) is 1. The number of halogens is 2. The van der Waals surface area contributed by atoms with Gasteiger partial charge in [0.1, 0.15) is 0 Å². The lowest BCUT2D eigenvalue weighted by Crippen LogP contribution is -2.30. The van der Waals surface area contributed by atoms with Crippen LogP contribution >= 0.6 is 23.2 Å². The number of nitrogens with zero attached hydrogens (tertiary/aromatic N) is 1. The summed E-state index contributed by atoms with van der Waals surface area (Å²) in [5, 5.41) is 11.4. The molecular weight excluding hydrogens is 293 g/mol. The summed E-state index contributed by atoms with van der Waals surface area (Å²) in [6.07, 6.45) is 5.60. The first-order chi connectivity index (χ1) is 9.65. The first-order valence-corrected chi connectivity index (χ1v) is 8.26. The van der Waals surface area contributed by atoms with Crippen molar-refractivity contribution < 1.29 is 5.11 Å². The molecule has 1 aromatic carbocycles. The normalized spacial score (nSPS) is 20.4. The predicted molar refractivity (Wildman–Crippen MR) is 83.4 cm³/mol. The van der Waals surface area contributed by atoms with Crippen LogP contribution in [0, 0.1) is 5.92 Å². The molecule has 4 heteroatoms. The van der Waals surface area contributed by atoms with Crippen molar-refractivity contribution in [3.8, 4) is 0 Å². The van der Waals surface area contributed by atoms with Crippen molar-refractivity contribution in [3.63, 3.8) is 0 Å². The van der Waals surface area contributed by atoms with Gasteiger partial charge in [0.25, 0.3) is 0 Å². The van der Waals surface area contributed by atoms with Crippen LogP contribution in [-0.2, 0) is 0 Å². The maximum Gasteiger partial charge on any atom is 0.0817 e. The highest BCUT2D eigenvalue weighted by Gasteiger charge is 2.33. The zero-order valence-corrected chi connectivity index (χ0v) is 13.1. The first kappa shape index (κ1) is 14.6. The van der Waals surface area contributed by atoms with E-state index >= 15 is 0 Å². The number of hydrogen-bond acceptors (Lipinski definition) is 2. The molecule has 1 unspecified atom stereocenters. The number of aliphatic hydroxyl groups excluding tert-OH is 1. The van der Waals surface area contributed by atoms with E-state index in [1.807, 2.05) is 12.1 Å². The van der Waals surface area contributed by atoms with Crippen LogP contribution in [0.25, 0.3) is 0 Å². The Balaban J connectivity index is 1.57. The standard InChI is InChI=1S/C16H21Cl2NO/c17-14-3-1-2-13(16(14)18)15(20)8-9-19(12-6-7-12)10-11-4-5-11/h1-3,11-12,15,20H,4-10H2. The molecule has 0 heterocycles. The summed E-state index contributed by atoms with van der Waals surface area (Å²) in [5.74, 6) is 0.905. The van der Waals surface area contributed by atoms with Gasteiger partial charge in [0.2, 0.25) is 0 Å². The van der Waals surface area contributed by atoms with Crippen molar-refractivity contribution in [1.82, 2.24) is 4.90 Å². The van der Waals surface area contributed by atoms with Crippen molar-refractivity contribution in [2.24, 2.45) is 5.92 Å². The fourth-order valence-electron chi connectivity index (χ4n) is 2.72. The molecule has 0 spiro atoms. The molecule has 2 nitrogen and oxygen atoms in total. The Morgan fingerprint density at radius 1 is 1.20 bits per heavy atom. The Hall–Kier alpha value is -0.280. The molecule has 0 saturated heterocycles. The van der Waals surface area contributed by atoms with Gasteiger partial charge in [0, 0.05) is 24.7 Å². The molecule has 0 radical (unpaired) electrons. The van der Waals surface area contributed by atoms with Gasteiger partial charge < -0.3 is 10.0 Å². The van der Waals surface area contributed by atoms with Crippen LogP contribution in [0.5, 0.6) is 0 Å². The average Bonchev–Trinajstić information content (AvgIpc) is 3.29. The summed E-state index contributed by atoms with van der Waals surface area (Å²) >= 11 is 12.2. The second kappa shape index (κ2) is 6.23. The van der Waals surface area contributed by atoms with Gasteiger partial charge in [-0.1, -0.05) is 35.3 Å². The third kappa shape index (κ3) is 3.67. The van der Waals surface area contributed by atoms with Gasteiger partial charge in [-0.3, -0.25) is 0 Å². The highest BCUT2D eigenvalue weighted by atomic mass is 35.5. The molecule has 1 aromatic rings. The lowest BCUT2D eigenvalue weighted by Gasteiger charge is -2.23. The minimum absolute atomic E-state index is 0.488. The molecule has 2 aliphatic carbocycles. The van der Waals surface area contributed by atoms with E-state index in [2.05, 4.69) is 4.90 Å². The summed E-state index contributed by atoms with van der Waals surface area (Å²) in [7, 11) is 0. The topological polar surface area (TPSA) is 23.5 Å². The zero-order valence-electron chi connectivity index (χ0n) is 11.6. The third-order valence-electron chi connectivity index (χ3n) is 4.28. The molecule has 2 fully saturated rings. The zero-order chi connectivity index (χ0) is 14.1. The summed E-state index contributed by atoms with van der Waals surface area (Å²) in [5.41, 5.74) is 0.751. The van der Waals surface area contributed by atoms with E-state index in [4.69, 9.17) is 23.2 Å². The largest absolute Gasteiger partial charge is 0.388 e. The number of aliphatic hydroxyl groups is 1. The summed E-state index contributed by atoms with van der Waals surface area (Å²) in [4.78, 5) is 2.55. The third-order valence-corrected chi connectivity index (χ3v) is 5.12. The molecular formula is C16H21Cl2NO. The minimum Gasteiger partial charge on any atom is -0.388 e. The molecule has 0 amide bonds. The Labute approximate surface area is 130 Å². The fourth-order valence-corrected chi connectivity index (χ4v) is 3.15. The highest BCUT2D eigenvalue weighted by molar-refractivity contribution is 6.42. The van der Waals surface area contributed by atoms with Crippen LogP contribution in [0.2, 0.25) is 10.0 Å². The summed E-state index contributed by atoms with van der Waals surface area (Å²) in [6.45, 7) is 2.16. The molecule has 1 atom stereocenters. The molecule has 0 aliphatic heterocycles. The van der Waals surface area contributed by atoms with E-state index in [-0.39, 0.29) is 0 Å². The first-order valence-electron chi connectivity index (χ1n) is 7.51. The molecule has 1 N–H and O–H groups in total. The predicted octanol–water partition coefficient (Wildman–Crippen LogP) is 4.29. The molecule has 2 aliphatic rings. The van der Waals surface area contributed by atoms with Crippen LogP contribution in [-0.4, -0.2) is 29.1 Å². The van der Waals surface area contributed by atoms with Gasteiger partial charge in [0.15, 0.2) is 0 Å². The van der Waals surface area contributed by atoms with Crippen LogP contribution in [0.1, 0.15) is 43.8 Å². The monoisotopic (exact) mass is 313 g/mol. The molecule has 20 heavy (non-hydrogen) atoms. The van der Waals surface area contributed by atoms with E-state index in [0.29, 0.717) is 10.0 Å². The van der Waals surface area contributed by atoms with Gasteiger partial charge in [-0.2, -0.15) is 0 Å². The van der Waals surface area contributed by atoms with Gasteiger partial charge in [-0.05, 0) is 44.1 Å². The second-order valence-electron chi connectivity index (χ2n) is 6.12. The number of rotatable bonds is 7. The van der Waals surface area contributed by atoms with Gasteiger partial charge in [-0.15, -0.1) is 0 Å². The number of benzene rings is 1. The summed E-state index contributed by atoms with van der Waals surface area (Å²) < 4.78 is 0. The Morgan fingerprint density at radius 2 is 1.95 bits per heavy atom. The second-order valence-corrected chi connectivity index (χ2v) is 6.90. The van der Waals surface area contributed by atoms with Crippen molar-refractivity contribution in [3.05, 3.63) is 33.8 Å². The van der Waals surface area contributed by atoms with E-state index in [1.165, 1.54) is 32.2 Å². The maximum absolute atomic E-state index is 10.4. The smallest absolute Gasteiger partial charge is 0.0817 e. The van der Waals surface area contributed by atoms with E-state index < -0.39 is 6.10 Å². The average molecular weight is 314 g/mol. The van der Waals surface area contributed by atoms with E-state index in [9.17, 15) is 5.11 Å². The quantitative estimate of drug-likeness (QED) is 0.811.